The van der Waals surface area contributed by atoms with Crippen LogP contribution in [0.5, 0.6) is 0 Å². The summed E-state index contributed by atoms with van der Waals surface area (Å²) in [5, 5.41) is 0. The third kappa shape index (κ3) is 3.54. The second kappa shape index (κ2) is 7.43. The maximum absolute atomic E-state index is 13.1. The van der Waals surface area contributed by atoms with Crippen molar-refractivity contribution in [1.29, 1.82) is 0 Å². The third-order valence-electron chi connectivity index (χ3n) is 5.52. The Kier molecular flexibility index (Phi) is 5.22. The molecule has 1 fully saturated rings. The summed E-state index contributed by atoms with van der Waals surface area (Å²) >= 11 is 0. The number of esters is 1. The van der Waals surface area contributed by atoms with Crippen LogP contribution in [0.1, 0.15) is 50.2 Å². The third-order valence-corrected chi connectivity index (χ3v) is 5.52. The molecule has 1 aliphatic rings. The first kappa shape index (κ1) is 19.0. The smallest absolute Gasteiger partial charge is 0.318 e. The Bertz CT molecular complexity index is 844. The van der Waals surface area contributed by atoms with Crippen LogP contribution in [0, 0.1) is 5.92 Å². The lowest BCUT2D eigenvalue weighted by Crippen LogP contribution is -2.47. The van der Waals surface area contributed by atoms with Gasteiger partial charge < -0.3 is 16.2 Å². The van der Waals surface area contributed by atoms with Crippen molar-refractivity contribution < 1.29 is 14.3 Å². The van der Waals surface area contributed by atoms with Crippen LogP contribution in [0.15, 0.2) is 48.5 Å². The SMILES string of the molecule is CCC(c1cccc(N)c1)C1C(=O)CC(CC)(c2cccc(N)c2)OC1=O. The molecule has 1 saturated heterocycles. The van der Waals surface area contributed by atoms with Gasteiger partial charge in [-0.05, 0) is 48.2 Å². The number of carbonyl (C=O) groups excluding carboxylic acids is 2. The zero-order valence-corrected chi connectivity index (χ0v) is 15.8. The predicted molar refractivity (Wildman–Crippen MR) is 106 cm³/mol. The number of cyclic esters (lactones) is 1. The molecule has 3 unspecified atom stereocenters. The Labute approximate surface area is 159 Å². The molecule has 0 aliphatic carbocycles. The van der Waals surface area contributed by atoms with E-state index in [4.69, 9.17) is 16.2 Å². The van der Waals surface area contributed by atoms with Crippen LogP contribution in [-0.4, -0.2) is 11.8 Å². The Morgan fingerprint density at radius 3 is 2.30 bits per heavy atom. The largest absolute Gasteiger partial charge is 0.453 e. The Morgan fingerprint density at radius 2 is 1.74 bits per heavy atom. The van der Waals surface area contributed by atoms with Gasteiger partial charge in [0.25, 0.3) is 0 Å². The monoisotopic (exact) mass is 366 g/mol. The molecule has 1 aliphatic heterocycles. The minimum atomic E-state index is -0.950. The second-order valence-corrected chi connectivity index (χ2v) is 7.20. The maximum Gasteiger partial charge on any atom is 0.318 e. The number of anilines is 2. The van der Waals surface area contributed by atoms with Crippen LogP contribution in [0.4, 0.5) is 11.4 Å². The van der Waals surface area contributed by atoms with Crippen molar-refractivity contribution in [2.75, 3.05) is 11.5 Å². The van der Waals surface area contributed by atoms with E-state index in [-0.39, 0.29) is 18.1 Å². The molecule has 1 heterocycles. The molecule has 5 heteroatoms. The fourth-order valence-electron chi connectivity index (χ4n) is 4.04. The summed E-state index contributed by atoms with van der Waals surface area (Å²) in [5.41, 5.74) is 13.7. The van der Waals surface area contributed by atoms with Crippen LogP contribution in [-0.2, 0) is 19.9 Å². The Hall–Kier alpha value is -2.82. The number of Topliss-reactive ketones (excluding diaryl/α,β-unsaturated/α-hetero) is 1. The number of hydrogen-bond donors (Lipinski definition) is 2. The Morgan fingerprint density at radius 1 is 1.07 bits per heavy atom. The van der Waals surface area contributed by atoms with E-state index in [0.717, 1.165) is 11.1 Å². The van der Waals surface area contributed by atoms with Crippen molar-refractivity contribution in [3.05, 3.63) is 59.7 Å². The first-order valence-corrected chi connectivity index (χ1v) is 9.37. The van der Waals surface area contributed by atoms with Crippen LogP contribution in [0.25, 0.3) is 0 Å². The Balaban J connectivity index is 1.94. The summed E-state index contributed by atoms with van der Waals surface area (Å²) in [5.74, 6) is -1.61. The van der Waals surface area contributed by atoms with E-state index in [2.05, 4.69) is 0 Å². The number of benzene rings is 2. The number of ether oxygens (including phenoxy) is 1. The standard InChI is InChI=1S/C22H26N2O3/c1-3-18(14-7-5-9-16(23)11-14)20-19(25)13-22(4-2,27-21(20)26)15-8-6-10-17(24)12-15/h5-12,18,20H,3-4,13,23-24H2,1-2H3. The molecular formula is C22H26N2O3. The molecule has 4 N–H and O–H groups in total. The molecular weight excluding hydrogens is 340 g/mol. The van der Waals surface area contributed by atoms with Gasteiger partial charge in [-0.25, -0.2) is 0 Å². The van der Waals surface area contributed by atoms with Crippen molar-refractivity contribution >= 4 is 23.1 Å². The second-order valence-electron chi connectivity index (χ2n) is 7.20. The number of hydrogen-bond acceptors (Lipinski definition) is 5. The minimum Gasteiger partial charge on any atom is -0.453 e. The van der Waals surface area contributed by atoms with E-state index in [1.807, 2.05) is 44.2 Å². The van der Waals surface area contributed by atoms with E-state index in [1.165, 1.54) is 0 Å². The van der Waals surface area contributed by atoms with E-state index < -0.39 is 17.5 Å². The molecule has 0 saturated carbocycles. The molecule has 0 radical (unpaired) electrons. The molecule has 2 aromatic rings. The van der Waals surface area contributed by atoms with Crippen molar-refractivity contribution in [3.63, 3.8) is 0 Å². The average molecular weight is 366 g/mol. The van der Waals surface area contributed by atoms with Crippen LogP contribution in [0.3, 0.4) is 0 Å². The maximum atomic E-state index is 13.1. The lowest BCUT2D eigenvalue weighted by atomic mass is 9.74. The van der Waals surface area contributed by atoms with Gasteiger partial charge >= 0.3 is 5.97 Å². The van der Waals surface area contributed by atoms with Gasteiger partial charge in [0.2, 0.25) is 0 Å². The van der Waals surface area contributed by atoms with Gasteiger partial charge in [-0.15, -0.1) is 0 Å². The summed E-state index contributed by atoms with van der Waals surface area (Å²) in [6.07, 6.45) is 1.31. The summed E-state index contributed by atoms with van der Waals surface area (Å²) in [6, 6.07) is 14.6. The highest BCUT2D eigenvalue weighted by atomic mass is 16.6. The molecule has 0 amide bonds. The lowest BCUT2D eigenvalue weighted by molar-refractivity contribution is -0.181. The highest BCUT2D eigenvalue weighted by molar-refractivity contribution is 6.02. The van der Waals surface area contributed by atoms with Gasteiger partial charge in [-0.1, -0.05) is 38.1 Å². The summed E-state index contributed by atoms with van der Waals surface area (Å²) in [7, 11) is 0. The van der Waals surface area contributed by atoms with Gasteiger partial charge in [0, 0.05) is 17.3 Å². The average Bonchev–Trinajstić information content (AvgIpc) is 2.64. The van der Waals surface area contributed by atoms with E-state index in [9.17, 15) is 9.59 Å². The van der Waals surface area contributed by atoms with Gasteiger partial charge in [-0.2, -0.15) is 0 Å². The fourth-order valence-corrected chi connectivity index (χ4v) is 4.04. The van der Waals surface area contributed by atoms with Crippen molar-refractivity contribution in [2.45, 2.75) is 44.6 Å². The summed E-state index contributed by atoms with van der Waals surface area (Å²) in [6.45, 7) is 3.88. The normalized spacial score (nSPS) is 23.7. The first-order valence-electron chi connectivity index (χ1n) is 9.37. The van der Waals surface area contributed by atoms with Crippen LogP contribution >= 0.6 is 0 Å². The molecule has 0 spiro atoms. The van der Waals surface area contributed by atoms with Gasteiger partial charge in [0.05, 0.1) is 6.42 Å². The highest BCUT2D eigenvalue weighted by Gasteiger charge is 2.49. The molecule has 5 nitrogen and oxygen atoms in total. The van der Waals surface area contributed by atoms with Crippen molar-refractivity contribution in [2.24, 2.45) is 5.92 Å². The first-order chi connectivity index (χ1) is 12.9. The lowest BCUT2D eigenvalue weighted by Gasteiger charge is -2.40. The zero-order chi connectivity index (χ0) is 19.6. The van der Waals surface area contributed by atoms with E-state index in [1.54, 1.807) is 18.2 Å². The van der Waals surface area contributed by atoms with Crippen molar-refractivity contribution in [3.8, 4) is 0 Å². The van der Waals surface area contributed by atoms with Gasteiger partial charge in [-0.3, -0.25) is 9.59 Å². The zero-order valence-electron chi connectivity index (χ0n) is 15.8. The predicted octanol–water partition coefficient (Wildman–Crippen LogP) is 3.78. The van der Waals surface area contributed by atoms with Crippen molar-refractivity contribution in [1.82, 2.24) is 0 Å². The molecule has 0 aromatic heterocycles. The van der Waals surface area contributed by atoms with Crippen LogP contribution < -0.4 is 11.5 Å². The van der Waals surface area contributed by atoms with Gasteiger partial charge in [0.1, 0.15) is 11.5 Å². The molecule has 2 aromatic carbocycles. The molecule has 3 atom stereocenters. The van der Waals surface area contributed by atoms with E-state index in [0.29, 0.717) is 24.2 Å². The fraction of sp³-hybridized carbons (Fsp3) is 0.364. The number of ketones is 1. The molecule has 27 heavy (non-hydrogen) atoms. The quantitative estimate of drug-likeness (QED) is 0.477. The molecule has 142 valence electrons. The number of nitrogens with two attached hydrogens (primary N) is 2. The molecule has 3 rings (SSSR count). The molecule has 0 bridgehead atoms. The number of carbonyl (C=O) groups is 2. The van der Waals surface area contributed by atoms with E-state index >= 15 is 0 Å². The van der Waals surface area contributed by atoms with Crippen LogP contribution in [0.2, 0.25) is 0 Å². The number of nitrogen functional groups attached to an aromatic ring is 2. The van der Waals surface area contributed by atoms with Gasteiger partial charge in [0.15, 0.2) is 5.78 Å². The highest BCUT2D eigenvalue weighted by Crippen LogP contribution is 2.43. The topological polar surface area (TPSA) is 95.4 Å². The summed E-state index contributed by atoms with van der Waals surface area (Å²) < 4.78 is 5.94. The minimum absolute atomic E-state index is 0.0928. The number of rotatable bonds is 5. The summed E-state index contributed by atoms with van der Waals surface area (Å²) in [4.78, 5) is 26.1.